The maximum absolute atomic E-state index is 12.6. The zero-order valence-electron chi connectivity index (χ0n) is 14.4. The average molecular weight is 308 g/mol. The topological polar surface area (TPSA) is 29.5 Å². The van der Waals surface area contributed by atoms with E-state index in [9.17, 15) is 4.79 Å². The van der Waals surface area contributed by atoms with Crippen LogP contribution in [0.3, 0.4) is 0 Å². The van der Waals surface area contributed by atoms with Crippen LogP contribution in [-0.4, -0.2) is 31.2 Å². The van der Waals surface area contributed by atoms with Crippen LogP contribution in [0.4, 0.5) is 4.79 Å². The van der Waals surface area contributed by atoms with Crippen LogP contribution in [0.25, 0.3) is 0 Å². The Morgan fingerprint density at radius 1 is 1.00 bits per heavy atom. The maximum Gasteiger partial charge on any atom is 0.410 e. The quantitative estimate of drug-likeness (QED) is 0.727. The lowest BCUT2D eigenvalue weighted by atomic mass is 10.2. The number of hydrogen-bond acceptors (Lipinski definition) is 2. The average Bonchev–Trinajstić information content (AvgIpc) is 2.34. The van der Waals surface area contributed by atoms with Crippen molar-refractivity contribution in [2.45, 2.75) is 65.1 Å². The summed E-state index contributed by atoms with van der Waals surface area (Å²) < 4.78 is 5.93. The zero-order chi connectivity index (χ0) is 16.2. The van der Waals surface area contributed by atoms with Crippen LogP contribution in [0.1, 0.15) is 39.0 Å². The molecule has 0 fully saturated rings. The van der Waals surface area contributed by atoms with Crippen LogP contribution in [-0.2, 0) is 4.74 Å². The van der Waals surface area contributed by atoms with Crippen LogP contribution in [0.15, 0.2) is 30.3 Å². The van der Waals surface area contributed by atoms with Gasteiger partial charge >= 0.3 is 6.09 Å². The number of carbonyl (C=O) groups is 1. The fourth-order valence-electron chi connectivity index (χ4n) is 2.55. The van der Waals surface area contributed by atoms with E-state index in [-0.39, 0.29) is 23.9 Å². The molecule has 0 aliphatic heterocycles. The number of carbonyl (C=O) groups excluding carboxylic acids is 1. The Labute approximate surface area is 130 Å². The van der Waals surface area contributed by atoms with Gasteiger partial charge in [0, 0.05) is 12.1 Å². The number of rotatable bonds is 5. The second-order valence-corrected chi connectivity index (χ2v) is 12.4. The van der Waals surface area contributed by atoms with Crippen molar-refractivity contribution in [2.75, 3.05) is 0 Å². The highest BCUT2D eigenvalue weighted by Crippen LogP contribution is 2.29. The van der Waals surface area contributed by atoms with Gasteiger partial charge < -0.3 is 9.64 Å². The number of nitrogens with zero attached hydrogens (tertiary/aromatic N) is 1. The number of benzene rings is 1. The van der Waals surface area contributed by atoms with Crippen molar-refractivity contribution in [3.8, 4) is 0 Å². The first-order valence-electron chi connectivity index (χ1n) is 7.68. The highest BCUT2D eigenvalue weighted by atomic mass is 28.3. The number of hydrogen-bond donors (Lipinski definition) is 0. The molecule has 1 aromatic carbocycles. The molecule has 0 aliphatic carbocycles. The van der Waals surface area contributed by atoms with E-state index < -0.39 is 8.07 Å². The third-order valence-corrected chi connectivity index (χ3v) is 5.46. The van der Waals surface area contributed by atoms with E-state index >= 15 is 0 Å². The van der Waals surface area contributed by atoms with E-state index in [0.717, 1.165) is 5.56 Å². The molecule has 0 unspecified atom stereocenters. The summed E-state index contributed by atoms with van der Waals surface area (Å²) in [5, 5.41) is 0. The molecule has 0 spiro atoms. The van der Waals surface area contributed by atoms with Gasteiger partial charge in [-0.15, -0.1) is 0 Å². The standard InChI is InChI=1S/C17H29NO2Si/c1-13(2)18(14(3)4)17(19)20-16(21(5,6)7)15-11-9-8-10-12-15/h8-14,16H,1-7H3/t16-/m0/s1. The Kier molecular flexibility index (Phi) is 6.02. The van der Waals surface area contributed by atoms with Crippen LogP contribution in [0.5, 0.6) is 0 Å². The zero-order valence-corrected chi connectivity index (χ0v) is 15.4. The van der Waals surface area contributed by atoms with Gasteiger partial charge in [0.25, 0.3) is 0 Å². The Bertz CT molecular complexity index is 444. The van der Waals surface area contributed by atoms with Crippen LogP contribution in [0, 0.1) is 0 Å². The van der Waals surface area contributed by atoms with Gasteiger partial charge in [-0.1, -0.05) is 50.0 Å². The van der Waals surface area contributed by atoms with Crippen LogP contribution in [0.2, 0.25) is 19.6 Å². The fraction of sp³-hybridized carbons (Fsp3) is 0.588. The third kappa shape index (κ3) is 4.88. The van der Waals surface area contributed by atoms with Crippen molar-refractivity contribution < 1.29 is 9.53 Å². The fourth-order valence-corrected chi connectivity index (χ4v) is 4.20. The van der Waals surface area contributed by atoms with E-state index in [2.05, 4.69) is 19.6 Å². The molecule has 3 nitrogen and oxygen atoms in total. The monoisotopic (exact) mass is 307 g/mol. The summed E-state index contributed by atoms with van der Waals surface area (Å²) in [4.78, 5) is 14.4. The van der Waals surface area contributed by atoms with Crippen molar-refractivity contribution in [1.29, 1.82) is 0 Å². The van der Waals surface area contributed by atoms with E-state index in [1.807, 2.05) is 58.0 Å². The first kappa shape index (κ1) is 17.8. The molecule has 1 rings (SSSR count). The molecule has 4 heteroatoms. The number of ether oxygens (including phenoxy) is 1. The largest absolute Gasteiger partial charge is 0.445 e. The van der Waals surface area contributed by atoms with Gasteiger partial charge in [0.2, 0.25) is 0 Å². The molecule has 1 atom stereocenters. The minimum Gasteiger partial charge on any atom is -0.445 e. The molecule has 0 radical (unpaired) electrons. The Balaban J connectivity index is 3.00. The molecular formula is C17H29NO2Si. The SMILES string of the molecule is CC(C)N(C(=O)O[C@H](c1ccccc1)[Si](C)(C)C)C(C)C. The molecule has 1 amide bonds. The molecule has 21 heavy (non-hydrogen) atoms. The summed E-state index contributed by atoms with van der Waals surface area (Å²) in [5.41, 5.74) is 0.976. The van der Waals surface area contributed by atoms with Gasteiger partial charge in [-0.2, -0.15) is 0 Å². The minimum atomic E-state index is -1.68. The lowest BCUT2D eigenvalue weighted by molar-refractivity contribution is 0.0659. The summed E-state index contributed by atoms with van der Waals surface area (Å²) in [6, 6.07) is 10.3. The highest BCUT2D eigenvalue weighted by Gasteiger charge is 2.34. The lowest BCUT2D eigenvalue weighted by Gasteiger charge is -2.35. The maximum atomic E-state index is 12.6. The summed E-state index contributed by atoms with van der Waals surface area (Å²) in [5.74, 6) is 0. The van der Waals surface area contributed by atoms with Gasteiger partial charge in [0.1, 0.15) is 5.73 Å². The van der Waals surface area contributed by atoms with Crippen molar-refractivity contribution in [3.05, 3.63) is 35.9 Å². The molecule has 0 heterocycles. The first-order valence-corrected chi connectivity index (χ1v) is 11.3. The third-order valence-electron chi connectivity index (χ3n) is 3.43. The molecule has 0 saturated heterocycles. The van der Waals surface area contributed by atoms with Gasteiger partial charge in [0.15, 0.2) is 0 Å². The van der Waals surface area contributed by atoms with E-state index in [1.165, 1.54) is 0 Å². The van der Waals surface area contributed by atoms with E-state index in [4.69, 9.17) is 4.74 Å². The smallest absolute Gasteiger partial charge is 0.410 e. The van der Waals surface area contributed by atoms with Gasteiger partial charge in [0.05, 0.1) is 8.07 Å². The van der Waals surface area contributed by atoms with Crippen molar-refractivity contribution >= 4 is 14.2 Å². The summed E-state index contributed by atoms with van der Waals surface area (Å²) in [6.45, 7) is 14.8. The summed E-state index contributed by atoms with van der Waals surface area (Å²) >= 11 is 0. The van der Waals surface area contributed by atoms with Crippen LogP contribution < -0.4 is 0 Å². The van der Waals surface area contributed by atoms with E-state index in [1.54, 1.807) is 4.90 Å². The molecule has 0 bridgehead atoms. The van der Waals surface area contributed by atoms with E-state index in [0.29, 0.717) is 0 Å². The predicted octanol–water partition coefficient (Wildman–Crippen LogP) is 4.86. The Morgan fingerprint density at radius 3 is 1.86 bits per heavy atom. The summed E-state index contributed by atoms with van der Waals surface area (Å²) in [7, 11) is -1.68. The normalized spacial score (nSPS) is 13.4. The lowest BCUT2D eigenvalue weighted by Crippen LogP contribution is -2.45. The summed E-state index contributed by atoms with van der Waals surface area (Å²) in [6.07, 6.45) is -0.212. The minimum absolute atomic E-state index is 0.119. The highest BCUT2D eigenvalue weighted by molar-refractivity contribution is 6.77. The Hall–Kier alpha value is -1.29. The molecule has 0 N–H and O–H groups in total. The predicted molar refractivity (Wildman–Crippen MR) is 91.1 cm³/mol. The van der Waals surface area contributed by atoms with Gasteiger partial charge in [-0.3, -0.25) is 0 Å². The second-order valence-electron chi connectivity index (χ2n) is 7.14. The molecule has 0 aliphatic rings. The molecular weight excluding hydrogens is 278 g/mol. The van der Waals surface area contributed by atoms with Gasteiger partial charge in [-0.25, -0.2) is 4.79 Å². The van der Waals surface area contributed by atoms with Crippen molar-refractivity contribution in [1.82, 2.24) is 4.90 Å². The van der Waals surface area contributed by atoms with Crippen LogP contribution >= 0.6 is 0 Å². The molecule has 118 valence electrons. The van der Waals surface area contributed by atoms with Gasteiger partial charge in [-0.05, 0) is 33.3 Å². The Morgan fingerprint density at radius 2 is 1.48 bits per heavy atom. The molecule has 0 aromatic heterocycles. The second kappa shape index (κ2) is 7.12. The first-order chi connectivity index (χ1) is 9.64. The van der Waals surface area contributed by atoms with Crippen molar-refractivity contribution in [2.24, 2.45) is 0 Å². The van der Waals surface area contributed by atoms with Crippen molar-refractivity contribution in [3.63, 3.8) is 0 Å². The molecule has 1 aromatic rings. The number of amides is 1. The molecule has 0 saturated carbocycles.